The molecule has 0 aliphatic heterocycles. The lowest BCUT2D eigenvalue weighted by Gasteiger charge is -2.26. The number of hydrogen-bond donors (Lipinski definition) is 0. The predicted molar refractivity (Wildman–Crippen MR) is 69.7 cm³/mol. The van der Waals surface area contributed by atoms with E-state index in [0.717, 1.165) is 6.42 Å². The van der Waals surface area contributed by atoms with E-state index in [4.69, 9.17) is 0 Å². The van der Waals surface area contributed by atoms with Crippen LogP contribution in [0.2, 0.25) is 0 Å². The Morgan fingerprint density at radius 1 is 1.18 bits per heavy atom. The molecule has 1 aliphatic rings. The van der Waals surface area contributed by atoms with Crippen molar-refractivity contribution in [2.24, 2.45) is 23.7 Å². The Labute approximate surface area is 104 Å². The van der Waals surface area contributed by atoms with Gasteiger partial charge in [0.15, 0.2) is 0 Å². The summed E-state index contributed by atoms with van der Waals surface area (Å²) in [7, 11) is 0. The van der Waals surface area contributed by atoms with Crippen LogP contribution in [0.5, 0.6) is 0 Å². The summed E-state index contributed by atoms with van der Waals surface area (Å²) >= 11 is 0. The summed E-state index contributed by atoms with van der Waals surface area (Å²) in [4.78, 5) is 23.0. The summed E-state index contributed by atoms with van der Waals surface area (Å²) < 4.78 is 0. The third-order valence-electron chi connectivity index (χ3n) is 4.30. The number of Topliss-reactive ketones (excluding diaryl/α,β-unsaturated/α-hetero) is 2. The Morgan fingerprint density at radius 3 is 2.12 bits per heavy atom. The molecule has 3 atom stereocenters. The van der Waals surface area contributed by atoms with Gasteiger partial charge in [-0.15, -0.1) is 0 Å². The standard InChI is InChI=1S/C15H24O2/c1-9(2)13-7-6-10(3)14(13)8-15(11(4)16)12(5)17/h10,13-15H,1,6-8H2,2-5H3. The average molecular weight is 236 g/mol. The number of carbonyl (C=O) groups is 2. The summed E-state index contributed by atoms with van der Waals surface area (Å²) in [6.45, 7) is 11.4. The highest BCUT2D eigenvalue weighted by Crippen LogP contribution is 2.43. The van der Waals surface area contributed by atoms with Crippen molar-refractivity contribution in [3.8, 4) is 0 Å². The number of carbonyl (C=O) groups excluding carboxylic acids is 2. The van der Waals surface area contributed by atoms with E-state index in [1.165, 1.54) is 25.8 Å². The highest BCUT2D eigenvalue weighted by molar-refractivity contribution is 6.00. The van der Waals surface area contributed by atoms with Gasteiger partial charge in [0, 0.05) is 0 Å². The Bertz CT molecular complexity index is 316. The van der Waals surface area contributed by atoms with Gasteiger partial charge in [-0.2, -0.15) is 0 Å². The van der Waals surface area contributed by atoms with Crippen LogP contribution in [0.25, 0.3) is 0 Å². The fourth-order valence-electron chi connectivity index (χ4n) is 3.17. The molecule has 0 aromatic carbocycles. The molecule has 0 bridgehead atoms. The van der Waals surface area contributed by atoms with Gasteiger partial charge < -0.3 is 0 Å². The molecule has 0 N–H and O–H groups in total. The van der Waals surface area contributed by atoms with Crippen molar-refractivity contribution in [1.29, 1.82) is 0 Å². The fraction of sp³-hybridized carbons (Fsp3) is 0.733. The molecule has 2 nitrogen and oxygen atoms in total. The molecule has 1 fully saturated rings. The van der Waals surface area contributed by atoms with Gasteiger partial charge in [0.2, 0.25) is 0 Å². The Balaban J connectivity index is 2.79. The lowest BCUT2D eigenvalue weighted by atomic mass is 9.78. The molecule has 1 aliphatic carbocycles. The SMILES string of the molecule is C=C(C)C1CCC(C)C1CC(C(C)=O)C(C)=O. The highest BCUT2D eigenvalue weighted by atomic mass is 16.1. The average Bonchev–Trinajstić information content (AvgIpc) is 2.55. The molecule has 0 amide bonds. The van der Waals surface area contributed by atoms with Crippen molar-refractivity contribution in [2.45, 2.75) is 47.0 Å². The summed E-state index contributed by atoms with van der Waals surface area (Å²) in [6.07, 6.45) is 3.05. The predicted octanol–water partition coefficient (Wildman–Crippen LogP) is 3.41. The van der Waals surface area contributed by atoms with E-state index in [0.29, 0.717) is 24.2 Å². The van der Waals surface area contributed by atoms with Crippen LogP contribution in [0, 0.1) is 23.7 Å². The molecule has 0 aromatic rings. The maximum absolute atomic E-state index is 11.5. The molecule has 0 saturated heterocycles. The monoisotopic (exact) mass is 236 g/mol. The van der Waals surface area contributed by atoms with Gasteiger partial charge in [0.1, 0.15) is 11.6 Å². The molecule has 3 unspecified atom stereocenters. The Morgan fingerprint density at radius 2 is 1.71 bits per heavy atom. The van der Waals surface area contributed by atoms with Gasteiger partial charge in [0.25, 0.3) is 0 Å². The van der Waals surface area contributed by atoms with Gasteiger partial charge >= 0.3 is 0 Å². The summed E-state index contributed by atoms with van der Waals surface area (Å²) in [6, 6.07) is 0. The lowest BCUT2D eigenvalue weighted by molar-refractivity contribution is -0.131. The molecule has 0 heterocycles. The normalized spacial score (nSPS) is 28.4. The van der Waals surface area contributed by atoms with Gasteiger partial charge in [-0.1, -0.05) is 19.1 Å². The largest absolute Gasteiger partial charge is 0.299 e. The molecular weight excluding hydrogens is 212 g/mol. The first kappa shape index (κ1) is 14.1. The van der Waals surface area contributed by atoms with Crippen LogP contribution in [0.4, 0.5) is 0 Å². The van der Waals surface area contributed by atoms with Gasteiger partial charge in [-0.25, -0.2) is 0 Å². The highest BCUT2D eigenvalue weighted by Gasteiger charge is 2.37. The van der Waals surface area contributed by atoms with E-state index in [2.05, 4.69) is 20.4 Å². The molecule has 1 rings (SSSR count). The molecule has 0 spiro atoms. The minimum absolute atomic E-state index is 0.0112. The van der Waals surface area contributed by atoms with Crippen molar-refractivity contribution in [3.63, 3.8) is 0 Å². The Kier molecular flexibility index (Phi) is 4.67. The van der Waals surface area contributed by atoms with Crippen LogP contribution in [-0.4, -0.2) is 11.6 Å². The zero-order chi connectivity index (χ0) is 13.2. The molecular formula is C15H24O2. The van der Waals surface area contributed by atoms with E-state index in [9.17, 15) is 9.59 Å². The molecule has 96 valence electrons. The van der Waals surface area contributed by atoms with Crippen LogP contribution >= 0.6 is 0 Å². The van der Waals surface area contributed by atoms with Crippen LogP contribution in [0.15, 0.2) is 12.2 Å². The maximum atomic E-state index is 11.5. The summed E-state index contributed by atoms with van der Waals surface area (Å²) in [5.41, 5.74) is 1.20. The first-order chi connectivity index (χ1) is 7.84. The molecule has 17 heavy (non-hydrogen) atoms. The van der Waals surface area contributed by atoms with Crippen molar-refractivity contribution in [3.05, 3.63) is 12.2 Å². The zero-order valence-electron chi connectivity index (χ0n) is 11.5. The van der Waals surface area contributed by atoms with E-state index in [1.807, 2.05) is 0 Å². The van der Waals surface area contributed by atoms with Crippen molar-refractivity contribution < 1.29 is 9.59 Å². The van der Waals surface area contributed by atoms with E-state index >= 15 is 0 Å². The maximum Gasteiger partial charge on any atom is 0.140 e. The summed E-state index contributed by atoms with van der Waals surface area (Å²) in [5.74, 6) is 1.16. The quantitative estimate of drug-likeness (QED) is 0.541. The number of ketones is 2. The van der Waals surface area contributed by atoms with Crippen molar-refractivity contribution in [1.82, 2.24) is 0 Å². The van der Waals surface area contributed by atoms with E-state index < -0.39 is 5.92 Å². The number of allylic oxidation sites excluding steroid dienone is 1. The minimum Gasteiger partial charge on any atom is -0.299 e. The second-order valence-corrected chi connectivity index (χ2v) is 5.68. The van der Waals surface area contributed by atoms with Crippen LogP contribution < -0.4 is 0 Å². The third kappa shape index (κ3) is 3.27. The first-order valence-electron chi connectivity index (χ1n) is 6.50. The van der Waals surface area contributed by atoms with Gasteiger partial charge in [0.05, 0.1) is 5.92 Å². The van der Waals surface area contributed by atoms with Crippen LogP contribution in [-0.2, 0) is 9.59 Å². The molecule has 2 heteroatoms. The Hall–Kier alpha value is -0.920. The zero-order valence-corrected chi connectivity index (χ0v) is 11.5. The molecule has 1 saturated carbocycles. The van der Waals surface area contributed by atoms with E-state index in [-0.39, 0.29) is 11.6 Å². The topological polar surface area (TPSA) is 34.1 Å². The van der Waals surface area contributed by atoms with Gasteiger partial charge in [-0.3, -0.25) is 9.59 Å². The van der Waals surface area contributed by atoms with Crippen molar-refractivity contribution in [2.75, 3.05) is 0 Å². The van der Waals surface area contributed by atoms with Gasteiger partial charge in [-0.05, 0) is 57.8 Å². The fourth-order valence-corrected chi connectivity index (χ4v) is 3.17. The van der Waals surface area contributed by atoms with Crippen LogP contribution in [0.3, 0.4) is 0 Å². The minimum atomic E-state index is -0.401. The van der Waals surface area contributed by atoms with E-state index in [1.54, 1.807) is 0 Å². The second-order valence-electron chi connectivity index (χ2n) is 5.68. The first-order valence-corrected chi connectivity index (χ1v) is 6.50. The lowest BCUT2D eigenvalue weighted by Crippen LogP contribution is -2.26. The van der Waals surface area contributed by atoms with Crippen LogP contribution in [0.1, 0.15) is 47.0 Å². The number of rotatable bonds is 5. The summed E-state index contributed by atoms with van der Waals surface area (Å²) in [5, 5.41) is 0. The smallest absolute Gasteiger partial charge is 0.140 e. The molecule has 0 radical (unpaired) electrons. The third-order valence-corrected chi connectivity index (χ3v) is 4.30. The molecule has 0 aromatic heterocycles. The second kappa shape index (κ2) is 5.61. The number of hydrogen-bond acceptors (Lipinski definition) is 2. The van der Waals surface area contributed by atoms with Crippen molar-refractivity contribution >= 4 is 11.6 Å².